The monoisotopic (exact) mass is 280 g/mol. The van der Waals surface area contributed by atoms with Crippen molar-refractivity contribution in [3.63, 3.8) is 0 Å². The van der Waals surface area contributed by atoms with Gasteiger partial charge >= 0.3 is 5.82 Å². The van der Waals surface area contributed by atoms with Crippen molar-refractivity contribution in [2.45, 2.75) is 13.5 Å². The molecule has 7 nitrogen and oxygen atoms in total. The van der Waals surface area contributed by atoms with E-state index in [1.165, 1.54) is 12.3 Å². The molecule has 0 N–H and O–H groups in total. The van der Waals surface area contributed by atoms with E-state index >= 15 is 0 Å². The predicted octanol–water partition coefficient (Wildman–Crippen LogP) is 2.32. The van der Waals surface area contributed by atoms with Crippen molar-refractivity contribution in [3.8, 4) is 5.75 Å². The van der Waals surface area contributed by atoms with Gasteiger partial charge in [-0.1, -0.05) is 11.6 Å². The Kier molecular flexibility index (Phi) is 3.86. The van der Waals surface area contributed by atoms with Gasteiger partial charge in [-0.3, -0.25) is 0 Å². The SMILES string of the molecule is Cc1cc(Cl)nc(COc2cccnc2[N+](=O)[O-])n1. The summed E-state index contributed by atoms with van der Waals surface area (Å²) < 4.78 is 5.31. The number of aromatic nitrogens is 3. The summed E-state index contributed by atoms with van der Waals surface area (Å²) in [5.41, 5.74) is 0.694. The molecule has 19 heavy (non-hydrogen) atoms. The molecule has 0 aliphatic rings. The number of aryl methyl sites for hydroxylation is 1. The van der Waals surface area contributed by atoms with E-state index in [4.69, 9.17) is 16.3 Å². The summed E-state index contributed by atoms with van der Waals surface area (Å²) in [5, 5.41) is 11.0. The molecule has 2 aromatic heterocycles. The van der Waals surface area contributed by atoms with Crippen LogP contribution in [-0.4, -0.2) is 19.9 Å². The molecule has 0 atom stereocenters. The van der Waals surface area contributed by atoms with E-state index in [0.29, 0.717) is 16.7 Å². The Balaban J connectivity index is 2.16. The molecule has 0 saturated heterocycles. The molecule has 8 heteroatoms. The highest BCUT2D eigenvalue weighted by Crippen LogP contribution is 2.23. The highest BCUT2D eigenvalue weighted by Gasteiger charge is 2.16. The summed E-state index contributed by atoms with van der Waals surface area (Å²) in [6, 6.07) is 4.62. The van der Waals surface area contributed by atoms with Gasteiger partial charge in [0, 0.05) is 5.69 Å². The Morgan fingerprint density at radius 2 is 2.26 bits per heavy atom. The summed E-state index contributed by atoms with van der Waals surface area (Å²) in [6.07, 6.45) is 1.32. The van der Waals surface area contributed by atoms with Gasteiger partial charge in [0.1, 0.15) is 18.0 Å². The minimum absolute atomic E-state index is 0.0199. The minimum Gasteiger partial charge on any atom is -0.477 e. The van der Waals surface area contributed by atoms with Gasteiger partial charge in [-0.05, 0) is 35.0 Å². The van der Waals surface area contributed by atoms with Crippen LogP contribution in [0.25, 0.3) is 0 Å². The van der Waals surface area contributed by atoms with Gasteiger partial charge in [0.05, 0.1) is 0 Å². The second kappa shape index (κ2) is 5.57. The van der Waals surface area contributed by atoms with E-state index in [1.54, 1.807) is 19.1 Å². The maximum atomic E-state index is 10.8. The first-order valence-corrected chi connectivity index (χ1v) is 5.66. The third kappa shape index (κ3) is 3.35. The smallest absolute Gasteiger partial charge is 0.406 e. The average Bonchev–Trinajstić information content (AvgIpc) is 2.35. The zero-order chi connectivity index (χ0) is 13.8. The number of halogens is 1. The third-order valence-corrected chi connectivity index (χ3v) is 2.34. The van der Waals surface area contributed by atoms with E-state index in [1.807, 2.05) is 0 Å². The van der Waals surface area contributed by atoms with Crippen LogP contribution in [0.2, 0.25) is 5.15 Å². The summed E-state index contributed by atoms with van der Waals surface area (Å²) in [6.45, 7) is 1.75. The van der Waals surface area contributed by atoms with Crippen LogP contribution in [-0.2, 0) is 6.61 Å². The maximum absolute atomic E-state index is 10.8. The fourth-order valence-electron chi connectivity index (χ4n) is 1.43. The number of nitro groups is 1. The molecule has 0 fully saturated rings. The normalized spacial score (nSPS) is 10.2. The average molecular weight is 281 g/mol. The molecule has 0 aromatic carbocycles. The fraction of sp³-hybridized carbons (Fsp3) is 0.182. The first-order valence-electron chi connectivity index (χ1n) is 5.28. The molecular weight excluding hydrogens is 272 g/mol. The van der Waals surface area contributed by atoms with Crippen LogP contribution in [0.4, 0.5) is 5.82 Å². The molecule has 0 amide bonds. The van der Waals surface area contributed by atoms with E-state index in [2.05, 4.69) is 15.0 Å². The number of ether oxygens (including phenoxy) is 1. The van der Waals surface area contributed by atoms with Crippen molar-refractivity contribution in [2.24, 2.45) is 0 Å². The van der Waals surface area contributed by atoms with Crippen LogP contribution in [0, 0.1) is 17.0 Å². The standard InChI is InChI=1S/C11H9ClN4O3/c1-7-5-9(12)15-10(14-7)6-19-8-3-2-4-13-11(8)16(17)18/h2-5H,6H2,1H3. The maximum Gasteiger partial charge on any atom is 0.406 e. The Hall–Kier alpha value is -2.28. The number of pyridine rings is 1. The Morgan fingerprint density at radius 1 is 1.47 bits per heavy atom. The van der Waals surface area contributed by atoms with E-state index < -0.39 is 4.92 Å². The highest BCUT2D eigenvalue weighted by molar-refractivity contribution is 6.29. The lowest BCUT2D eigenvalue weighted by atomic mass is 10.4. The van der Waals surface area contributed by atoms with Crippen LogP contribution >= 0.6 is 11.6 Å². The highest BCUT2D eigenvalue weighted by atomic mass is 35.5. The second-order valence-electron chi connectivity index (χ2n) is 3.62. The number of hydrogen-bond acceptors (Lipinski definition) is 6. The molecule has 0 saturated carbocycles. The van der Waals surface area contributed by atoms with Gasteiger partial charge in [-0.15, -0.1) is 0 Å². The van der Waals surface area contributed by atoms with Crippen molar-refractivity contribution < 1.29 is 9.66 Å². The van der Waals surface area contributed by atoms with Crippen LogP contribution in [0.15, 0.2) is 24.4 Å². The van der Waals surface area contributed by atoms with Gasteiger partial charge < -0.3 is 14.9 Å². The molecule has 98 valence electrons. The zero-order valence-corrected chi connectivity index (χ0v) is 10.7. The summed E-state index contributed by atoms with van der Waals surface area (Å²) in [4.78, 5) is 21.9. The van der Waals surface area contributed by atoms with Crippen molar-refractivity contribution in [1.29, 1.82) is 0 Å². The van der Waals surface area contributed by atoms with Crippen LogP contribution < -0.4 is 4.74 Å². The van der Waals surface area contributed by atoms with Gasteiger partial charge in [-0.25, -0.2) is 9.97 Å². The molecule has 0 bridgehead atoms. The first kappa shape index (κ1) is 13.2. The molecule has 0 aliphatic carbocycles. The molecule has 2 rings (SSSR count). The predicted molar refractivity (Wildman–Crippen MR) is 67.0 cm³/mol. The third-order valence-electron chi connectivity index (χ3n) is 2.15. The molecule has 0 radical (unpaired) electrons. The summed E-state index contributed by atoms with van der Waals surface area (Å²) in [5.74, 6) is 0.0677. The van der Waals surface area contributed by atoms with E-state index in [0.717, 1.165) is 0 Å². The van der Waals surface area contributed by atoms with Crippen molar-refractivity contribution in [1.82, 2.24) is 15.0 Å². The van der Waals surface area contributed by atoms with Gasteiger partial charge in [0.15, 0.2) is 5.82 Å². The number of hydrogen-bond donors (Lipinski definition) is 0. The lowest BCUT2D eigenvalue weighted by Crippen LogP contribution is -2.05. The summed E-state index contributed by atoms with van der Waals surface area (Å²) >= 11 is 5.79. The summed E-state index contributed by atoms with van der Waals surface area (Å²) in [7, 11) is 0. The largest absolute Gasteiger partial charge is 0.477 e. The van der Waals surface area contributed by atoms with Gasteiger partial charge in [0.2, 0.25) is 5.75 Å². The van der Waals surface area contributed by atoms with E-state index in [-0.39, 0.29) is 18.2 Å². The number of rotatable bonds is 4. The van der Waals surface area contributed by atoms with Crippen molar-refractivity contribution >= 4 is 17.4 Å². The van der Waals surface area contributed by atoms with Crippen LogP contribution in [0.1, 0.15) is 11.5 Å². The van der Waals surface area contributed by atoms with Crippen LogP contribution in [0.3, 0.4) is 0 Å². The van der Waals surface area contributed by atoms with Gasteiger partial charge in [0.25, 0.3) is 0 Å². The quantitative estimate of drug-likeness (QED) is 0.485. The zero-order valence-electron chi connectivity index (χ0n) is 9.91. The molecular formula is C11H9ClN4O3. The first-order chi connectivity index (χ1) is 9.06. The molecule has 0 unspecified atom stereocenters. The van der Waals surface area contributed by atoms with Crippen molar-refractivity contribution in [3.05, 3.63) is 51.2 Å². The molecule has 0 spiro atoms. The Labute approximate surface area is 113 Å². The molecule has 2 aromatic rings. The Bertz CT molecular complexity index is 600. The fourth-order valence-corrected chi connectivity index (χ4v) is 1.68. The molecule has 0 aliphatic heterocycles. The second-order valence-corrected chi connectivity index (χ2v) is 4.01. The topological polar surface area (TPSA) is 91.0 Å². The van der Waals surface area contributed by atoms with Gasteiger partial charge in [-0.2, -0.15) is 0 Å². The minimum atomic E-state index is -0.612. The van der Waals surface area contributed by atoms with E-state index in [9.17, 15) is 10.1 Å². The molecule has 2 heterocycles. The number of nitrogens with zero attached hydrogens (tertiary/aromatic N) is 4. The lowest BCUT2D eigenvalue weighted by molar-refractivity contribution is -0.390. The Morgan fingerprint density at radius 3 is 2.95 bits per heavy atom. The van der Waals surface area contributed by atoms with Crippen molar-refractivity contribution in [2.75, 3.05) is 0 Å². The lowest BCUT2D eigenvalue weighted by Gasteiger charge is -2.05. The van der Waals surface area contributed by atoms with Crippen LogP contribution in [0.5, 0.6) is 5.75 Å².